The zero-order valence-electron chi connectivity index (χ0n) is 12.5. The predicted octanol–water partition coefficient (Wildman–Crippen LogP) is 1.76. The van der Waals surface area contributed by atoms with Crippen molar-refractivity contribution in [2.45, 2.75) is 17.6 Å². The molecule has 0 atom stereocenters. The van der Waals surface area contributed by atoms with E-state index in [0.29, 0.717) is 5.56 Å². The number of nitrogens with one attached hydrogen (secondary N) is 1. The van der Waals surface area contributed by atoms with Crippen molar-refractivity contribution in [3.63, 3.8) is 0 Å². The van der Waals surface area contributed by atoms with Crippen molar-refractivity contribution in [3.8, 4) is 0 Å². The summed E-state index contributed by atoms with van der Waals surface area (Å²) < 4.78 is 21.6. The summed E-state index contributed by atoms with van der Waals surface area (Å²) >= 11 is 3.27. The van der Waals surface area contributed by atoms with Crippen LogP contribution in [-0.2, 0) is 15.8 Å². The Morgan fingerprint density at radius 2 is 2.04 bits per heavy atom. The van der Waals surface area contributed by atoms with Crippen molar-refractivity contribution in [1.29, 1.82) is 0 Å². The van der Waals surface area contributed by atoms with E-state index in [1.807, 2.05) is 24.4 Å². The molecule has 1 heterocycles. The topological polar surface area (TPSA) is 102 Å². The fraction of sp³-hybridized carbons (Fsp3) is 0.286. The first-order valence-corrected chi connectivity index (χ1v) is 10.3. The Hall–Kier alpha value is -1.42. The van der Waals surface area contributed by atoms with Crippen LogP contribution in [0.15, 0.2) is 34.5 Å². The quantitative estimate of drug-likeness (QED) is 0.722. The summed E-state index contributed by atoms with van der Waals surface area (Å²) in [6, 6.07) is 7.14. The van der Waals surface area contributed by atoms with E-state index in [1.165, 1.54) is 0 Å². The Bertz CT molecular complexity index is 770. The molecule has 0 unspecified atom stereocenters. The number of benzene rings is 1. The number of primary sulfonamides is 1. The van der Waals surface area contributed by atoms with Crippen LogP contribution in [-0.4, -0.2) is 31.6 Å². The zero-order chi connectivity index (χ0) is 16.9. The van der Waals surface area contributed by atoms with Gasteiger partial charge in [-0.3, -0.25) is 4.79 Å². The number of hydrogen-bond donors (Lipinski definition) is 2. The summed E-state index contributed by atoms with van der Waals surface area (Å²) in [5.41, 5.74) is 1.52. The van der Waals surface area contributed by atoms with E-state index in [4.69, 9.17) is 5.14 Å². The average Bonchev–Trinajstić information content (AvgIpc) is 2.90. The maximum Gasteiger partial charge on any atom is 0.251 e. The van der Waals surface area contributed by atoms with Gasteiger partial charge in [0.25, 0.3) is 5.91 Å². The van der Waals surface area contributed by atoms with Crippen molar-refractivity contribution in [2.75, 3.05) is 12.3 Å². The van der Waals surface area contributed by atoms with E-state index in [0.717, 1.165) is 21.3 Å². The molecule has 0 bridgehead atoms. The highest BCUT2D eigenvalue weighted by atomic mass is 32.2. The second-order valence-corrected chi connectivity index (χ2v) is 8.64. The molecule has 0 saturated carbocycles. The number of amides is 1. The molecule has 1 aromatic carbocycles. The van der Waals surface area contributed by atoms with E-state index < -0.39 is 10.0 Å². The maximum absolute atomic E-state index is 11.9. The van der Waals surface area contributed by atoms with Crippen molar-refractivity contribution in [2.24, 2.45) is 5.14 Å². The first-order valence-electron chi connectivity index (χ1n) is 6.76. The van der Waals surface area contributed by atoms with Crippen LogP contribution < -0.4 is 10.5 Å². The summed E-state index contributed by atoms with van der Waals surface area (Å²) in [7, 11) is -3.56. The minimum Gasteiger partial charge on any atom is -0.351 e. The van der Waals surface area contributed by atoms with Crippen molar-refractivity contribution < 1.29 is 13.2 Å². The summed E-state index contributed by atoms with van der Waals surface area (Å²) in [4.78, 5) is 17.3. The van der Waals surface area contributed by atoms with Crippen LogP contribution in [0.4, 0.5) is 0 Å². The Labute approximate surface area is 143 Å². The lowest BCUT2D eigenvalue weighted by Gasteiger charge is -2.05. The van der Waals surface area contributed by atoms with Gasteiger partial charge in [0, 0.05) is 28.1 Å². The number of aromatic nitrogens is 1. The van der Waals surface area contributed by atoms with Gasteiger partial charge in [0.15, 0.2) is 0 Å². The monoisotopic (exact) mass is 371 g/mol. The van der Waals surface area contributed by atoms with Gasteiger partial charge in [0.2, 0.25) is 10.0 Å². The summed E-state index contributed by atoms with van der Waals surface area (Å²) in [6.07, 6.45) is 0. The van der Waals surface area contributed by atoms with Gasteiger partial charge < -0.3 is 5.32 Å². The van der Waals surface area contributed by atoms with Crippen LogP contribution >= 0.6 is 23.1 Å². The van der Waals surface area contributed by atoms with Crippen LogP contribution in [0.25, 0.3) is 0 Å². The molecule has 2 aromatic rings. The van der Waals surface area contributed by atoms with Crippen molar-refractivity contribution in [3.05, 3.63) is 45.9 Å². The van der Waals surface area contributed by atoms with Crippen LogP contribution in [0.1, 0.15) is 21.1 Å². The van der Waals surface area contributed by atoms with Gasteiger partial charge in [-0.05, 0) is 31.2 Å². The number of nitrogens with two attached hydrogens (primary N) is 1. The third-order valence-electron chi connectivity index (χ3n) is 2.84. The lowest BCUT2D eigenvalue weighted by molar-refractivity contribution is 0.0956. The minimum absolute atomic E-state index is 0.00263. The molecular formula is C14H17N3O3S3. The first kappa shape index (κ1) is 17.9. The smallest absolute Gasteiger partial charge is 0.251 e. The number of thioether (sulfide) groups is 1. The number of sulfonamides is 1. The first-order chi connectivity index (χ1) is 10.8. The number of nitrogens with zero attached hydrogens (tertiary/aromatic N) is 1. The van der Waals surface area contributed by atoms with Gasteiger partial charge in [-0.2, -0.15) is 0 Å². The fourth-order valence-corrected chi connectivity index (χ4v) is 3.64. The molecule has 124 valence electrons. The molecule has 0 aliphatic carbocycles. The molecule has 6 nitrogen and oxygen atoms in total. The van der Waals surface area contributed by atoms with Gasteiger partial charge in [-0.25, -0.2) is 18.5 Å². The predicted molar refractivity (Wildman–Crippen MR) is 93.2 cm³/mol. The molecule has 1 aromatic heterocycles. The number of thiazole rings is 1. The maximum atomic E-state index is 11.9. The van der Waals surface area contributed by atoms with Gasteiger partial charge in [-0.1, -0.05) is 0 Å². The van der Waals surface area contributed by atoms with Crippen LogP contribution in [0, 0.1) is 6.92 Å². The van der Waals surface area contributed by atoms with Gasteiger partial charge in [0.05, 0.1) is 16.5 Å². The molecule has 2 rings (SSSR count). The van der Waals surface area contributed by atoms with Crippen molar-refractivity contribution >= 4 is 39.0 Å². The molecule has 0 fully saturated rings. The summed E-state index contributed by atoms with van der Waals surface area (Å²) in [5, 5.41) is 10.5. The normalized spacial score (nSPS) is 11.4. The summed E-state index contributed by atoms with van der Waals surface area (Å²) in [6.45, 7) is 1.97. The number of aryl methyl sites for hydroxylation is 1. The third-order valence-corrected chi connectivity index (χ3v) is 5.48. The Balaban J connectivity index is 1.84. The second-order valence-electron chi connectivity index (χ2n) is 4.79. The molecule has 0 aliphatic rings. The lowest BCUT2D eigenvalue weighted by atomic mass is 10.2. The van der Waals surface area contributed by atoms with Crippen LogP contribution in [0.3, 0.4) is 0 Å². The Morgan fingerprint density at radius 1 is 1.35 bits per heavy atom. The SMILES string of the molecule is Cc1nc(CSc2ccc(C(=O)NCCS(N)(=O)=O)cc2)cs1. The highest BCUT2D eigenvalue weighted by Crippen LogP contribution is 2.23. The van der Waals surface area contributed by atoms with Gasteiger partial charge in [0.1, 0.15) is 0 Å². The van der Waals surface area contributed by atoms with E-state index in [2.05, 4.69) is 10.3 Å². The highest BCUT2D eigenvalue weighted by molar-refractivity contribution is 7.98. The average molecular weight is 372 g/mol. The lowest BCUT2D eigenvalue weighted by Crippen LogP contribution is -2.31. The molecule has 0 aliphatic heterocycles. The number of hydrogen-bond acceptors (Lipinski definition) is 6. The Kier molecular flexibility index (Phi) is 6.17. The van der Waals surface area contributed by atoms with Crippen molar-refractivity contribution in [1.82, 2.24) is 10.3 Å². The molecule has 0 spiro atoms. The molecule has 0 radical (unpaired) electrons. The standard InChI is InChI=1S/C14H17N3O3S3/c1-10-17-12(8-21-10)9-22-13-4-2-11(3-5-13)14(18)16-6-7-23(15,19)20/h2-5,8H,6-7,9H2,1H3,(H,16,18)(H2,15,19,20). The third kappa shape index (κ3) is 6.30. The largest absolute Gasteiger partial charge is 0.351 e. The molecule has 9 heteroatoms. The summed E-state index contributed by atoms with van der Waals surface area (Å²) in [5.74, 6) is 0.185. The van der Waals surface area contributed by atoms with Crippen LogP contribution in [0.5, 0.6) is 0 Å². The van der Waals surface area contributed by atoms with E-state index in [1.54, 1.807) is 35.2 Å². The van der Waals surface area contributed by atoms with E-state index in [-0.39, 0.29) is 18.2 Å². The second kappa shape index (κ2) is 7.91. The highest BCUT2D eigenvalue weighted by Gasteiger charge is 2.08. The zero-order valence-corrected chi connectivity index (χ0v) is 14.9. The fourth-order valence-electron chi connectivity index (χ4n) is 1.74. The minimum atomic E-state index is -3.56. The number of carbonyl (C=O) groups excluding carboxylic acids is 1. The Morgan fingerprint density at radius 3 is 2.61 bits per heavy atom. The van der Waals surface area contributed by atoms with Gasteiger partial charge >= 0.3 is 0 Å². The molecule has 0 saturated heterocycles. The van der Waals surface area contributed by atoms with E-state index in [9.17, 15) is 13.2 Å². The molecular weight excluding hydrogens is 354 g/mol. The molecule has 1 amide bonds. The van der Waals surface area contributed by atoms with E-state index >= 15 is 0 Å². The number of rotatable bonds is 7. The number of carbonyl (C=O) groups is 1. The molecule has 23 heavy (non-hydrogen) atoms. The van der Waals surface area contributed by atoms with Crippen LogP contribution in [0.2, 0.25) is 0 Å². The molecule has 3 N–H and O–H groups in total. The van der Waals surface area contributed by atoms with Gasteiger partial charge in [-0.15, -0.1) is 23.1 Å².